The average molecular weight is 313 g/mol. The van der Waals surface area contributed by atoms with Crippen molar-refractivity contribution < 1.29 is 9.32 Å². The predicted octanol–water partition coefficient (Wildman–Crippen LogP) is 3.12. The summed E-state index contributed by atoms with van der Waals surface area (Å²) in [6.07, 6.45) is 6.64. The maximum Gasteiger partial charge on any atom is 0.289 e. The van der Waals surface area contributed by atoms with Crippen LogP contribution in [0.5, 0.6) is 0 Å². The number of hydrogen-bond acceptors (Lipinski definition) is 4. The van der Waals surface area contributed by atoms with Gasteiger partial charge in [0.1, 0.15) is 5.69 Å². The van der Waals surface area contributed by atoms with E-state index in [0.29, 0.717) is 12.2 Å². The van der Waals surface area contributed by atoms with E-state index < -0.39 is 0 Å². The van der Waals surface area contributed by atoms with E-state index in [2.05, 4.69) is 10.5 Å². The molecule has 23 heavy (non-hydrogen) atoms. The highest BCUT2D eigenvalue weighted by Gasteiger charge is 2.27. The minimum Gasteiger partial charge on any atom is -0.350 e. The number of carbonyl (C=O) groups excluding carboxylic acids is 1. The summed E-state index contributed by atoms with van der Waals surface area (Å²) in [4.78, 5) is 12.3. The molecule has 122 valence electrons. The Kier molecular flexibility index (Phi) is 4.76. The lowest BCUT2D eigenvalue weighted by Crippen LogP contribution is -2.49. The summed E-state index contributed by atoms with van der Waals surface area (Å²) >= 11 is 0. The van der Waals surface area contributed by atoms with Crippen molar-refractivity contribution in [3.63, 3.8) is 0 Å². The number of amides is 1. The van der Waals surface area contributed by atoms with E-state index in [-0.39, 0.29) is 17.2 Å². The van der Waals surface area contributed by atoms with Crippen LogP contribution in [0.15, 0.2) is 40.9 Å². The molecule has 1 aromatic carbocycles. The number of nitrogens with two attached hydrogens (primary N) is 1. The highest BCUT2D eigenvalue weighted by atomic mass is 16.5. The molecule has 1 fully saturated rings. The SMILES string of the molecule is NC1(CNC(=O)c2cc(-c3ccccc3)no2)CCCCCC1. The molecule has 2 aromatic rings. The quantitative estimate of drug-likeness (QED) is 0.850. The summed E-state index contributed by atoms with van der Waals surface area (Å²) in [7, 11) is 0. The van der Waals surface area contributed by atoms with Crippen molar-refractivity contribution in [3.05, 3.63) is 42.2 Å². The molecule has 5 nitrogen and oxygen atoms in total. The van der Waals surface area contributed by atoms with Gasteiger partial charge in [0.2, 0.25) is 5.76 Å². The number of benzene rings is 1. The maximum absolute atomic E-state index is 12.3. The Morgan fingerprint density at radius 3 is 2.57 bits per heavy atom. The Balaban J connectivity index is 1.61. The second kappa shape index (κ2) is 6.96. The molecule has 1 saturated carbocycles. The normalized spacial score (nSPS) is 17.4. The monoisotopic (exact) mass is 313 g/mol. The lowest BCUT2D eigenvalue weighted by Gasteiger charge is -2.27. The first-order chi connectivity index (χ1) is 11.2. The summed E-state index contributed by atoms with van der Waals surface area (Å²) in [5.41, 5.74) is 7.71. The van der Waals surface area contributed by atoms with Gasteiger partial charge < -0.3 is 15.6 Å². The molecule has 0 saturated heterocycles. The van der Waals surface area contributed by atoms with Crippen LogP contribution in [0.2, 0.25) is 0 Å². The number of nitrogens with zero attached hydrogens (tertiary/aromatic N) is 1. The van der Waals surface area contributed by atoms with Crippen LogP contribution in [-0.2, 0) is 0 Å². The van der Waals surface area contributed by atoms with Crippen molar-refractivity contribution in [1.82, 2.24) is 10.5 Å². The summed E-state index contributed by atoms with van der Waals surface area (Å²) in [6.45, 7) is 0.479. The Morgan fingerprint density at radius 2 is 1.87 bits per heavy atom. The van der Waals surface area contributed by atoms with Gasteiger partial charge in [-0.25, -0.2) is 0 Å². The van der Waals surface area contributed by atoms with E-state index in [9.17, 15) is 4.79 Å². The summed E-state index contributed by atoms with van der Waals surface area (Å²) < 4.78 is 5.18. The van der Waals surface area contributed by atoms with Gasteiger partial charge in [0.15, 0.2) is 0 Å². The third kappa shape index (κ3) is 3.99. The van der Waals surface area contributed by atoms with Gasteiger partial charge in [-0.3, -0.25) is 4.79 Å². The van der Waals surface area contributed by atoms with E-state index in [1.807, 2.05) is 30.3 Å². The third-order valence-corrected chi connectivity index (χ3v) is 4.50. The topological polar surface area (TPSA) is 81.1 Å². The molecule has 0 unspecified atom stereocenters. The number of hydrogen-bond donors (Lipinski definition) is 2. The van der Waals surface area contributed by atoms with E-state index >= 15 is 0 Å². The fraction of sp³-hybridized carbons (Fsp3) is 0.444. The van der Waals surface area contributed by atoms with Crippen LogP contribution in [0, 0.1) is 0 Å². The molecule has 1 aromatic heterocycles. The minimum absolute atomic E-state index is 0.223. The maximum atomic E-state index is 12.3. The van der Waals surface area contributed by atoms with E-state index in [0.717, 1.165) is 31.2 Å². The second-order valence-corrected chi connectivity index (χ2v) is 6.40. The zero-order chi connectivity index (χ0) is 16.1. The molecule has 3 rings (SSSR count). The van der Waals surface area contributed by atoms with Crippen LogP contribution in [0.1, 0.15) is 49.1 Å². The highest BCUT2D eigenvalue weighted by Crippen LogP contribution is 2.24. The zero-order valence-electron chi connectivity index (χ0n) is 13.3. The van der Waals surface area contributed by atoms with Crippen molar-refractivity contribution in [1.29, 1.82) is 0 Å². The van der Waals surface area contributed by atoms with Crippen LogP contribution >= 0.6 is 0 Å². The Bertz CT molecular complexity index is 643. The predicted molar refractivity (Wildman–Crippen MR) is 88.9 cm³/mol. The molecule has 1 amide bonds. The molecular formula is C18H23N3O2. The van der Waals surface area contributed by atoms with Gasteiger partial charge in [-0.2, -0.15) is 0 Å². The van der Waals surface area contributed by atoms with Gasteiger partial charge in [0.25, 0.3) is 5.91 Å². The van der Waals surface area contributed by atoms with Gasteiger partial charge in [-0.05, 0) is 12.8 Å². The van der Waals surface area contributed by atoms with E-state index in [4.69, 9.17) is 10.3 Å². The molecule has 0 radical (unpaired) electrons. The van der Waals surface area contributed by atoms with Crippen LogP contribution in [0.25, 0.3) is 11.3 Å². The Labute approximate surface area is 136 Å². The summed E-state index contributed by atoms with van der Waals surface area (Å²) in [6, 6.07) is 11.3. The molecule has 1 aliphatic carbocycles. The average Bonchev–Trinajstić information content (AvgIpc) is 2.97. The van der Waals surface area contributed by atoms with Crippen molar-refractivity contribution in [2.24, 2.45) is 5.73 Å². The lowest BCUT2D eigenvalue weighted by molar-refractivity contribution is 0.0904. The molecule has 3 N–H and O–H groups in total. The van der Waals surface area contributed by atoms with E-state index in [1.165, 1.54) is 12.8 Å². The fourth-order valence-corrected chi connectivity index (χ4v) is 3.08. The minimum atomic E-state index is -0.297. The number of aromatic nitrogens is 1. The first-order valence-corrected chi connectivity index (χ1v) is 8.26. The van der Waals surface area contributed by atoms with Crippen LogP contribution in [0.4, 0.5) is 0 Å². The van der Waals surface area contributed by atoms with Crippen molar-refractivity contribution >= 4 is 5.91 Å². The van der Waals surface area contributed by atoms with Gasteiger partial charge >= 0.3 is 0 Å². The molecule has 1 heterocycles. The Morgan fingerprint density at radius 1 is 1.17 bits per heavy atom. The smallest absolute Gasteiger partial charge is 0.289 e. The summed E-state index contributed by atoms with van der Waals surface area (Å²) in [5.74, 6) is -0.0326. The Hall–Kier alpha value is -2.14. The van der Waals surface area contributed by atoms with Crippen molar-refractivity contribution in [3.8, 4) is 11.3 Å². The van der Waals surface area contributed by atoms with Crippen LogP contribution in [-0.4, -0.2) is 23.1 Å². The highest BCUT2D eigenvalue weighted by molar-refractivity contribution is 5.92. The van der Waals surface area contributed by atoms with E-state index in [1.54, 1.807) is 6.07 Å². The number of carbonyl (C=O) groups is 1. The molecular weight excluding hydrogens is 290 g/mol. The van der Waals surface area contributed by atoms with Gasteiger partial charge in [0, 0.05) is 23.7 Å². The van der Waals surface area contributed by atoms with Crippen LogP contribution < -0.4 is 11.1 Å². The molecule has 0 spiro atoms. The molecule has 0 aliphatic heterocycles. The fourth-order valence-electron chi connectivity index (χ4n) is 3.08. The zero-order valence-corrected chi connectivity index (χ0v) is 13.3. The standard InChI is InChI=1S/C18H23N3O2/c19-18(10-6-1-2-7-11-18)13-20-17(22)16-12-15(21-23-16)14-8-4-3-5-9-14/h3-5,8-9,12H,1-2,6-7,10-11,13,19H2,(H,20,22). The lowest BCUT2D eigenvalue weighted by atomic mass is 9.91. The largest absolute Gasteiger partial charge is 0.350 e. The molecule has 0 bridgehead atoms. The van der Waals surface area contributed by atoms with Gasteiger partial charge in [0.05, 0.1) is 0 Å². The van der Waals surface area contributed by atoms with Crippen LogP contribution in [0.3, 0.4) is 0 Å². The molecule has 1 aliphatic rings. The molecule has 5 heteroatoms. The van der Waals surface area contributed by atoms with Crippen molar-refractivity contribution in [2.45, 2.75) is 44.1 Å². The summed E-state index contributed by atoms with van der Waals surface area (Å²) in [5, 5.41) is 6.87. The van der Waals surface area contributed by atoms with Gasteiger partial charge in [-0.1, -0.05) is 61.2 Å². The third-order valence-electron chi connectivity index (χ3n) is 4.50. The van der Waals surface area contributed by atoms with Crippen molar-refractivity contribution in [2.75, 3.05) is 6.54 Å². The first-order valence-electron chi connectivity index (χ1n) is 8.26. The first kappa shape index (κ1) is 15.7. The second-order valence-electron chi connectivity index (χ2n) is 6.40. The number of rotatable bonds is 4. The van der Waals surface area contributed by atoms with Gasteiger partial charge in [-0.15, -0.1) is 0 Å². The molecule has 0 atom stereocenters. The number of nitrogens with one attached hydrogen (secondary N) is 1.